The summed E-state index contributed by atoms with van der Waals surface area (Å²) >= 11 is 0. The van der Waals surface area contributed by atoms with Crippen LogP contribution in [0.2, 0.25) is 0 Å². The van der Waals surface area contributed by atoms with Gasteiger partial charge in [-0.3, -0.25) is 0 Å². The molecule has 1 aromatic rings. The van der Waals surface area contributed by atoms with Crippen molar-refractivity contribution in [2.24, 2.45) is 5.84 Å². The van der Waals surface area contributed by atoms with E-state index in [1.165, 1.54) is 0 Å². The van der Waals surface area contributed by atoms with Gasteiger partial charge in [0, 0.05) is 11.8 Å². The van der Waals surface area contributed by atoms with Gasteiger partial charge in [-0.05, 0) is 26.3 Å². The summed E-state index contributed by atoms with van der Waals surface area (Å²) in [4.78, 5) is 4.11. The van der Waals surface area contributed by atoms with Gasteiger partial charge in [-0.2, -0.15) is 0 Å². The van der Waals surface area contributed by atoms with Crippen LogP contribution in [-0.2, 0) is 11.3 Å². The zero-order chi connectivity index (χ0) is 11.3. The van der Waals surface area contributed by atoms with Crippen LogP contribution in [0.1, 0.15) is 32.8 Å². The van der Waals surface area contributed by atoms with Crippen molar-refractivity contribution in [3.63, 3.8) is 0 Å². The highest BCUT2D eigenvalue weighted by Gasteiger charge is 2.16. The first-order valence-corrected chi connectivity index (χ1v) is 5.13. The molecule has 0 fully saturated rings. The van der Waals surface area contributed by atoms with Crippen LogP contribution >= 0.6 is 0 Å². The average Bonchev–Trinajstić information content (AvgIpc) is 2.27. The van der Waals surface area contributed by atoms with Gasteiger partial charge >= 0.3 is 0 Å². The van der Waals surface area contributed by atoms with Gasteiger partial charge in [0.05, 0.1) is 12.2 Å². The molecule has 0 saturated heterocycles. The maximum atomic E-state index is 5.77. The molecule has 0 unspecified atom stereocenters. The normalized spacial score (nSPS) is 11.5. The number of pyridine rings is 1. The van der Waals surface area contributed by atoms with E-state index >= 15 is 0 Å². The van der Waals surface area contributed by atoms with Crippen LogP contribution in [0.25, 0.3) is 0 Å². The molecule has 0 aliphatic rings. The Kier molecular flexibility index (Phi) is 4.05. The van der Waals surface area contributed by atoms with E-state index in [-0.39, 0.29) is 5.60 Å². The number of nitrogen functional groups attached to an aromatic ring is 1. The Hall–Kier alpha value is -1.13. The number of nitrogens with two attached hydrogens (primary N) is 1. The smallest absolute Gasteiger partial charge is 0.145 e. The molecule has 0 amide bonds. The Morgan fingerprint density at radius 2 is 2.27 bits per heavy atom. The molecule has 4 heteroatoms. The SMILES string of the molecule is CCC(C)(C)OCc1cccnc1NN. The van der Waals surface area contributed by atoms with Crippen molar-refractivity contribution < 1.29 is 4.74 Å². The Bertz CT molecular complexity index is 312. The molecule has 3 N–H and O–H groups in total. The summed E-state index contributed by atoms with van der Waals surface area (Å²) in [7, 11) is 0. The molecule has 0 saturated carbocycles. The molecule has 1 rings (SSSR count). The van der Waals surface area contributed by atoms with Gasteiger partial charge in [0.1, 0.15) is 5.82 Å². The van der Waals surface area contributed by atoms with Gasteiger partial charge in [-0.1, -0.05) is 13.0 Å². The molecule has 0 radical (unpaired) electrons. The molecule has 0 spiro atoms. The number of anilines is 1. The number of nitrogens with zero attached hydrogens (tertiary/aromatic N) is 1. The Balaban J connectivity index is 2.65. The molecule has 1 aromatic heterocycles. The number of ether oxygens (including phenoxy) is 1. The molecule has 0 aliphatic heterocycles. The van der Waals surface area contributed by atoms with Crippen LogP contribution in [0.5, 0.6) is 0 Å². The number of hydrogen-bond acceptors (Lipinski definition) is 4. The molecule has 1 heterocycles. The number of aromatic nitrogens is 1. The summed E-state index contributed by atoms with van der Waals surface area (Å²) in [5.41, 5.74) is 3.42. The van der Waals surface area contributed by atoms with Crippen LogP contribution < -0.4 is 11.3 Å². The Morgan fingerprint density at radius 3 is 2.87 bits per heavy atom. The lowest BCUT2D eigenvalue weighted by molar-refractivity contribution is -0.0314. The van der Waals surface area contributed by atoms with Crippen LogP contribution in [0, 0.1) is 0 Å². The van der Waals surface area contributed by atoms with Crippen molar-refractivity contribution >= 4 is 5.82 Å². The van der Waals surface area contributed by atoms with E-state index in [0.717, 1.165) is 12.0 Å². The molecule has 0 aromatic carbocycles. The van der Waals surface area contributed by atoms with Crippen LogP contribution in [-0.4, -0.2) is 10.6 Å². The summed E-state index contributed by atoms with van der Waals surface area (Å²) in [6, 6.07) is 3.83. The second kappa shape index (κ2) is 5.09. The minimum absolute atomic E-state index is 0.109. The van der Waals surface area contributed by atoms with Crippen LogP contribution in [0.3, 0.4) is 0 Å². The zero-order valence-corrected chi connectivity index (χ0v) is 9.58. The van der Waals surface area contributed by atoms with E-state index in [0.29, 0.717) is 12.4 Å². The largest absolute Gasteiger partial charge is 0.371 e. The zero-order valence-electron chi connectivity index (χ0n) is 9.58. The highest BCUT2D eigenvalue weighted by molar-refractivity contribution is 5.41. The molecule has 0 bridgehead atoms. The van der Waals surface area contributed by atoms with Crippen molar-refractivity contribution in [2.75, 3.05) is 5.43 Å². The van der Waals surface area contributed by atoms with Crippen molar-refractivity contribution in [1.29, 1.82) is 0 Å². The van der Waals surface area contributed by atoms with Gasteiger partial charge in [0.25, 0.3) is 0 Å². The first kappa shape index (κ1) is 11.9. The van der Waals surface area contributed by atoms with E-state index < -0.39 is 0 Å². The Labute approximate surface area is 90.8 Å². The fourth-order valence-corrected chi connectivity index (χ4v) is 1.06. The third kappa shape index (κ3) is 3.49. The maximum absolute atomic E-state index is 5.77. The third-order valence-corrected chi connectivity index (χ3v) is 2.50. The fraction of sp³-hybridized carbons (Fsp3) is 0.545. The van der Waals surface area contributed by atoms with Gasteiger partial charge in [-0.25, -0.2) is 10.8 Å². The van der Waals surface area contributed by atoms with Crippen LogP contribution in [0.4, 0.5) is 5.82 Å². The summed E-state index contributed by atoms with van der Waals surface area (Å²) < 4.78 is 5.77. The standard InChI is InChI=1S/C11H19N3O/c1-4-11(2,3)15-8-9-6-5-7-13-10(9)14-12/h5-7H,4,8,12H2,1-3H3,(H,13,14). The summed E-state index contributed by atoms with van der Waals surface area (Å²) in [6.07, 6.45) is 2.67. The highest BCUT2D eigenvalue weighted by Crippen LogP contribution is 2.18. The first-order chi connectivity index (χ1) is 7.09. The lowest BCUT2D eigenvalue weighted by atomic mass is 10.1. The summed E-state index contributed by atoms with van der Waals surface area (Å²) in [6.45, 7) is 6.76. The van der Waals surface area contributed by atoms with Crippen molar-refractivity contribution in [3.05, 3.63) is 23.9 Å². The predicted octanol–water partition coefficient (Wildman–Crippen LogP) is 2.07. The molecular weight excluding hydrogens is 190 g/mol. The molecule has 15 heavy (non-hydrogen) atoms. The van der Waals surface area contributed by atoms with E-state index in [1.807, 2.05) is 12.1 Å². The minimum atomic E-state index is -0.109. The number of rotatable bonds is 5. The van der Waals surface area contributed by atoms with E-state index in [2.05, 4.69) is 31.2 Å². The molecule has 84 valence electrons. The fourth-order valence-electron chi connectivity index (χ4n) is 1.06. The monoisotopic (exact) mass is 209 g/mol. The average molecular weight is 209 g/mol. The second-order valence-corrected chi connectivity index (χ2v) is 4.06. The third-order valence-electron chi connectivity index (χ3n) is 2.50. The molecule has 0 aliphatic carbocycles. The maximum Gasteiger partial charge on any atom is 0.145 e. The lowest BCUT2D eigenvalue weighted by Crippen LogP contribution is -2.23. The van der Waals surface area contributed by atoms with Crippen molar-refractivity contribution in [2.45, 2.75) is 39.4 Å². The van der Waals surface area contributed by atoms with Crippen LogP contribution in [0.15, 0.2) is 18.3 Å². The van der Waals surface area contributed by atoms with E-state index in [4.69, 9.17) is 10.6 Å². The Morgan fingerprint density at radius 1 is 1.53 bits per heavy atom. The summed E-state index contributed by atoms with van der Waals surface area (Å²) in [5.74, 6) is 6.03. The van der Waals surface area contributed by atoms with E-state index in [9.17, 15) is 0 Å². The summed E-state index contributed by atoms with van der Waals surface area (Å²) in [5, 5.41) is 0. The minimum Gasteiger partial charge on any atom is -0.371 e. The highest BCUT2D eigenvalue weighted by atomic mass is 16.5. The molecular formula is C11H19N3O. The van der Waals surface area contributed by atoms with E-state index in [1.54, 1.807) is 6.20 Å². The lowest BCUT2D eigenvalue weighted by Gasteiger charge is -2.23. The van der Waals surface area contributed by atoms with Crippen molar-refractivity contribution in [3.8, 4) is 0 Å². The van der Waals surface area contributed by atoms with Crippen molar-refractivity contribution in [1.82, 2.24) is 4.98 Å². The van der Waals surface area contributed by atoms with Gasteiger partial charge < -0.3 is 10.2 Å². The van der Waals surface area contributed by atoms with Gasteiger partial charge in [0.2, 0.25) is 0 Å². The number of hydrazine groups is 1. The second-order valence-electron chi connectivity index (χ2n) is 4.06. The predicted molar refractivity (Wildman–Crippen MR) is 61.2 cm³/mol. The molecule has 4 nitrogen and oxygen atoms in total. The number of nitrogens with one attached hydrogen (secondary N) is 1. The topological polar surface area (TPSA) is 60.2 Å². The number of hydrogen-bond donors (Lipinski definition) is 2. The van der Waals surface area contributed by atoms with Gasteiger partial charge in [-0.15, -0.1) is 0 Å². The molecule has 0 atom stereocenters. The van der Waals surface area contributed by atoms with Gasteiger partial charge in [0.15, 0.2) is 0 Å². The first-order valence-electron chi connectivity index (χ1n) is 5.13. The quantitative estimate of drug-likeness (QED) is 0.575.